The molecule has 4 saturated carbocycles. The number of para-hydroxylation sites is 1. The molecule has 33 heavy (non-hydrogen) atoms. The Hall–Kier alpha value is -1.88. The van der Waals surface area contributed by atoms with Crippen LogP contribution < -0.4 is 5.56 Å². The van der Waals surface area contributed by atoms with E-state index in [2.05, 4.69) is 6.92 Å². The van der Waals surface area contributed by atoms with Crippen LogP contribution in [0, 0.1) is 40.9 Å². The summed E-state index contributed by atoms with van der Waals surface area (Å²) in [6, 6.07) is 7.22. The number of nitrogens with zero attached hydrogens (tertiary/aromatic N) is 1. The zero-order valence-corrected chi connectivity index (χ0v) is 20.0. The summed E-state index contributed by atoms with van der Waals surface area (Å²) in [5.74, 6) is 3.73. The Kier molecular flexibility index (Phi) is 4.96. The molecular formula is C28H37NO4. The third-order valence-electron chi connectivity index (χ3n) is 10.5. The molecule has 0 amide bonds. The second-order valence-corrected chi connectivity index (χ2v) is 12.2. The summed E-state index contributed by atoms with van der Waals surface area (Å²) >= 11 is 0. The second kappa shape index (κ2) is 7.56. The number of carbonyl (C=O) groups is 1. The van der Waals surface area contributed by atoms with Gasteiger partial charge in [-0.05, 0) is 112 Å². The fourth-order valence-electron chi connectivity index (χ4n) is 8.98. The fraction of sp³-hybridized carbons (Fsp3) is 0.714. The summed E-state index contributed by atoms with van der Waals surface area (Å²) in [4.78, 5) is 26.2. The Morgan fingerprint density at radius 3 is 2.64 bits per heavy atom. The van der Waals surface area contributed by atoms with Crippen molar-refractivity contribution >= 4 is 16.8 Å². The van der Waals surface area contributed by atoms with Gasteiger partial charge in [-0.1, -0.05) is 19.1 Å². The Labute approximate surface area is 195 Å². The van der Waals surface area contributed by atoms with Crippen molar-refractivity contribution in [1.29, 1.82) is 0 Å². The van der Waals surface area contributed by atoms with Crippen molar-refractivity contribution in [3.63, 3.8) is 0 Å². The van der Waals surface area contributed by atoms with E-state index in [-0.39, 0.29) is 29.2 Å². The number of hydrogen-bond acceptors (Lipinski definition) is 4. The summed E-state index contributed by atoms with van der Waals surface area (Å²) in [5, 5.41) is 11.2. The van der Waals surface area contributed by atoms with Gasteiger partial charge in [-0.2, -0.15) is 4.74 Å². The molecule has 4 aliphatic rings. The van der Waals surface area contributed by atoms with E-state index in [9.17, 15) is 14.7 Å². The lowest BCUT2D eigenvalue weighted by atomic mass is 9.49. The van der Waals surface area contributed by atoms with Crippen LogP contribution in [0.4, 0.5) is 0 Å². The molecule has 5 nitrogen and oxygen atoms in total. The minimum atomic E-state index is -0.475. The van der Waals surface area contributed by atoms with E-state index in [0.29, 0.717) is 22.8 Å². The number of fused-ring (bicyclic) bond motifs is 6. The Morgan fingerprint density at radius 1 is 1.03 bits per heavy atom. The number of carbonyl (C=O) groups excluding carboxylic acids is 1. The van der Waals surface area contributed by atoms with Crippen molar-refractivity contribution in [2.75, 3.05) is 0 Å². The average molecular weight is 452 g/mol. The van der Waals surface area contributed by atoms with Crippen molar-refractivity contribution in [1.82, 2.24) is 4.74 Å². The first kappa shape index (κ1) is 21.6. The van der Waals surface area contributed by atoms with E-state index in [1.54, 1.807) is 12.1 Å². The molecule has 0 saturated heterocycles. The van der Waals surface area contributed by atoms with Gasteiger partial charge in [0.2, 0.25) is 0 Å². The molecule has 1 heterocycles. The number of benzene rings is 1. The number of Topliss-reactive ketones (excluding diaryl/α,β-unsaturated/α-hetero) is 1. The highest BCUT2D eigenvalue weighted by atomic mass is 16.5. The molecule has 4 fully saturated rings. The van der Waals surface area contributed by atoms with Gasteiger partial charge in [0.05, 0.1) is 11.0 Å². The minimum Gasteiger partial charge on any atom is -0.390 e. The largest absolute Gasteiger partial charge is 0.390 e. The standard InChI is InChI=1S/C28H37NO4/c1-27(32)13-11-18-17(15-27)7-8-20-19(18)12-14-28(2)22(20)9-10-23(28)24(30)16-29-26(31)21-5-3-4-6-25(21)33-29/h3-6,17-20,22-23,32H,7-16H2,1-2H3/t17-,18+,19-,20-,22+,23-,27-,28+/m1/s1. The second-order valence-electron chi connectivity index (χ2n) is 12.2. The monoisotopic (exact) mass is 451 g/mol. The van der Waals surface area contributed by atoms with Gasteiger partial charge in [0.15, 0.2) is 11.4 Å². The third kappa shape index (κ3) is 3.37. The predicted molar refractivity (Wildman–Crippen MR) is 127 cm³/mol. The van der Waals surface area contributed by atoms with E-state index in [4.69, 9.17) is 4.52 Å². The maximum atomic E-state index is 13.5. The third-order valence-corrected chi connectivity index (χ3v) is 10.5. The van der Waals surface area contributed by atoms with Crippen LogP contribution in [0.25, 0.3) is 11.0 Å². The van der Waals surface area contributed by atoms with Crippen molar-refractivity contribution in [3.05, 3.63) is 34.6 Å². The maximum Gasteiger partial charge on any atom is 0.290 e. The highest BCUT2D eigenvalue weighted by molar-refractivity contribution is 5.83. The molecule has 0 radical (unpaired) electrons. The summed E-state index contributed by atoms with van der Waals surface area (Å²) < 4.78 is 7.00. The van der Waals surface area contributed by atoms with Gasteiger partial charge in [-0.15, -0.1) is 0 Å². The lowest BCUT2D eigenvalue weighted by Crippen LogP contribution is -2.51. The van der Waals surface area contributed by atoms with Gasteiger partial charge in [0.1, 0.15) is 6.54 Å². The van der Waals surface area contributed by atoms with Crippen LogP contribution in [0.5, 0.6) is 0 Å². The van der Waals surface area contributed by atoms with Gasteiger partial charge < -0.3 is 9.63 Å². The number of hydrogen-bond donors (Lipinski definition) is 1. The van der Waals surface area contributed by atoms with Crippen molar-refractivity contribution in [2.24, 2.45) is 40.9 Å². The Bertz CT molecular complexity index is 1130. The molecule has 1 aromatic heterocycles. The molecule has 0 aliphatic heterocycles. The van der Waals surface area contributed by atoms with E-state index < -0.39 is 5.60 Å². The first-order valence-corrected chi connectivity index (χ1v) is 13.1. The van der Waals surface area contributed by atoms with Crippen LogP contribution in [-0.4, -0.2) is 21.2 Å². The minimum absolute atomic E-state index is 0.0216. The zero-order chi connectivity index (χ0) is 23.0. The first-order valence-electron chi connectivity index (χ1n) is 13.1. The van der Waals surface area contributed by atoms with Gasteiger partial charge in [0.25, 0.3) is 5.56 Å². The molecule has 6 rings (SSSR count). The van der Waals surface area contributed by atoms with E-state index in [1.165, 1.54) is 30.4 Å². The molecule has 8 atom stereocenters. The van der Waals surface area contributed by atoms with Gasteiger partial charge in [-0.3, -0.25) is 9.59 Å². The summed E-state index contributed by atoms with van der Waals surface area (Å²) in [6.07, 6.45) is 9.98. The highest BCUT2D eigenvalue weighted by Crippen LogP contribution is 2.64. The van der Waals surface area contributed by atoms with E-state index in [1.807, 2.05) is 19.1 Å². The lowest BCUT2D eigenvalue weighted by Gasteiger charge is -2.56. The quantitative estimate of drug-likeness (QED) is 0.698. The number of rotatable bonds is 3. The molecule has 2 aromatic rings. The molecule has 1 aromatic carbocycles. The highest BCUT2D eigenvalue weighted by Gasteiger charge is 2.58. The molecule has 5 heteroatoms. The van der Waals surface area contributed by atoms with Crippen LogP contribution in [0.15, 0.2) is 33.6 Å². The lowest BCUT2D eigenvalue weighted by molar-refractivity contribution is -0.133. The van der Waals surface area contributed by atoms with Gasteiger partial charge >= 0.3 is 0 Å². The van der Waals surface area contributed by atoms with Crippen LogP contribution in [0.2, 0.25) is 0 Å². The first-order chi connectivity index (χ1) is 15.8. The normalized spacial score (nSPS) is 42.5. The summed E-state index contributed by atoms with van der Waals surface area (Å²) in [5.41, 5.74) is -0.0825. The summed E-state index contributed by atoms with van der Waals surface area (Å²) in [7, 11) is 0. The topological polar surface area (TPSA) is 72.4 Å². The molecule has 178 valence electrons. The molecule has 0 unspecified atom stereocenters. The number of aliphatic hydroxyl groups is 1. The maximum absolute atomic E-state index is 13.5. The Morgan fingerprint density at radius 2 is 1.82 bits per heavy atom. The van der Waals surface area contributed by atoms with Crippen LogP contribution in [0.3, 0.4) is 0 Å². The SMILES string of the molecule is C[C@@]1(O)CC[C@H]2[C@H](CC[C@@H]3[C@@H]2CC[C@]2(C)[C@@H](C(=O)Cn4oc5ccccc5c4=O)CC[C@@H]32)C1. The zero-order valence-electron chi connectivity index (χ0n) is 20.0. The fourth-order valence-corrected chi connectivity index (χ4v) is 8.98. The predicted octanol–water partition coefficient (Wildman–Crippen LogP) is 5.18. The van der Waals surface area contributed by atoms with Crippen molar-refractivity contribution < 1.29 is 14.4 Å². The van der Waals surface area contributed by atoms with Crippen LogP contribution in [0.1, 0.15) is 71.6 Å². The molecule has 0 spiro atoms. The Balaban J connectivity index is 1.20. The van der Waals surface area contributed by atoms with Gasteiger partial charge in [-0.25, -0.2) is 0 Å². The number of ketones is 1. The number of aromatic nitrogens is 1. The van der Waals surface area contributed by atoms with E-state index >= 15 is 0 Å². The molecular weight excluding hydrogens is 414 g/mol. The summed E-state index contributed by atoms with van der Waals surface area (Å²) in [6.45, 7) is 4.44. The van der Waals surface area contributed by atoms with Crippen LogP contribution in [-0.2, 0) is 11.3 Å². The van der Waals surface area contributed by atoms with Gasteiger partial charge in [0, 0.05) is 5.92 Å². The molecule has 4 aliphatic carbocycles. The molecule has 1 N–H and O–H groups in total. The van der Waals surface area contributed by atoms with Crippen molar-refractivity contribution in [3.8, 4) is 0 Å². The van der Waals surface area contributed by atoms with Crippen LogP contribution >= 0.6 is 0 Å². The molecule has 0 bridgehead atoms. The smallest absolute Gasteiger partial charge is 0.290 e. The average Bonchev–Trinajstić information content (AvgIpc) is 3.29. The van der Waals surface area contributed by atoms with Crippen molar-refractivity contribution in [2.45, 2.75) is 83.8 Å². The van der Waals surface area contributed by atoms with E-state index in [0.717, 1.165) is 49.9 Å².